The molecule has 156 valence electrons. The topological polar surface area (TPSA) is 98.1 Å². The maximum Gasteiger partial charge on any atom is 0.234 e. The van der Waals surface area contributed by atoms with Gasteiger partial charge in [0.25, 0.3) is 0 Å². The molecule has 10 heteroatoms. The molecular weight excluding hydrogens is 426 g/mol. The summed E-state index contributed by atoms with van der Waals surface area (Å²) in [7, 11) is 3.32. The summed E-state index contributed by atoms with van der Waals surface area (Å²) < 4.78 is 6.84. The van der Waals surface area contributed by atoms with Crippen molar-refractivity contribution in [1.29, 1.82) is 0 Å². The molecule has 0 saturated heterocycles. The number of hydrogen-bond donors (Lipinski definition) is 2. The molecule has 0 bridgehead atoms. The smallest absolute Gasteiger partial charge is 0.234 e. The van der Waals surface area contributed by atoms with Crippen LogP contribution in [0.25, 0.3) is 0 Å². The van der Waals surface area contributed by atoms with Crippen LogP contribution in [0.3, 0.4) is 0 Å². The summed E-state index contributed by atoms with van der Waals surface area (Å²) in [4.78, 5) is 24.5. The monoisotopic (exact) mass is 445 g/mol. The van der Waals surface area contributed by atoms with Crippen LogP contribution < -0.4 is 15.4 Å². The predicted octanol–water partition coefficient (Wildman–Crippen LogP) is 3.39. The molecule has 0 aliphatic heterocycles. The third-order valence-electron chi connectivity index (χ3n) is 4.04. The number of aromatic nitrogens is 3. The van der Waals surface area contributed by atoms with Crippen molar-refractivity contribution in [3.63, 3.8) is 0 Å². The first-order valence-electron chi connectivity index (χ1n) is 8.95. The van der Waals surface area contributed by atoms with Crippen LogP contribution in [0.4, 0.5) is 11.4 Å². The van der Waals surface area contributed by atoms with Crippen LogP contribution in [-0.4, -0.2) is 39.4 Å². The molecule has 0 fully saturated rings. The molecule has 0 spiro atoms. The van der Waals surface area contributed by atoms with Crippen LogP contribution >= 0.6 is 23.4 Å². The first kappa shape index (κ1) is 21.7. The molecule has 0 unspecified atom stereocenters. The van der Waals surface area contributed by atoms with E-state index < -0.39 is 0 Å². The Kier molecular flexibility index (Phi) is 7.31. The van der Waals surface area contributed by atoms with Crippen LogP contribution in [-0.2, 0) is 23.1 Å². The third-order valence-corrected chi connectivity index (χ3v) is 5.29. The van der Waals surface area contributed by atoms with E-state index in [2.05, 4.69) is 20.8 Å². The van der Waals surface area contributed by atoms with E-state index in [1.165, 1.54) is 11.8 Å². The van der Waals surface area contributed by atoms with Crippen LogP contribution in [0.15, 0.2) is 53.7 Å². The number of anilines is 2. The van der Waals surface area contributed by atoms with Crippen molar-refractivity contribution in [2.75, 3.05) is 23.5 Å². The lowest BCUT2D eigenvalue weighted by molar-refractivity contribution is -0.116. The number of hydrogen-bond acceptors (Lipinski definition) is 6. The van der Waals surface area contributed by atoms with E-state index in [9.17, 15) is 9.59 Å². The zero-order valence-corrected chi connectivity index (χ0v) is 18.0. The quantitative estimate of drug-likeness (QED) is 0.516. The molecule has 2 aromatic carbocycles. The van der Waals surface area contributed by atoms with Gasteiger partial charge in [-0.15, -0.1) is 10.2 Å². The Balaban J connectivity index is 1.53. The number of nitrogens with one attached hydrogen (secondary N) is 2. The van der Waals surface area contributed by atoms with Gasteiger partial charge in [-0.25, -0.2) is 0 Å². The highest BCUT2D eigenvalue weighted by molar-refractivity contribution is 7.99. The van der Waals surface area contributed by atoms with Crippen molar-refractivity contribution in [2.45, 2.75) is 11.6 Å². The van der Waals surface area contributed by atoms with Crippen LogP contribution in [0.1, 0.15) is 5.82 Å². The van der Waals surface area contributed by atoms with Gasteiger partial charge in [-0.3, -0.25) is 9.59 Å². The summed E-state index contributed by atoms with van der Waals surface area (Å²) in [6.07, 6.45) is 0.0516. The van der Waals surface area contributed by atoms with Gasteiger partial charge in [-0.2, -0.15) is 0 Å². The maximum absolute atomic E-state index is 12.3. The van der Waals surface area contributed by atoms with Crippen LogP contribution in [0.5, 0.6) is 5.75 Å². The van der Waals surface area contributed by atoms with E-state index in [0.717, 1.165) is 0 Å². The Morgan fingerprint density at radius 3 is 2.50 bits per heavy atom. The molecule has 1 heterocycles. The molecule has 0 saturated carbocycles. The van der Waals surface area contributed by atoms with Crippen molar-refractivity contribution < 1.29 is 14.3 Å². The van der Waals surface area contributed by atoms with Gasteiger partial charge in [-0.1, -0.05) is 35.5 Å². The second kappa shape index (κ2) is 10.1. The third kappa shape index (κ3) is 5.98. The number of benzene rings is 2. The average molecular weight is 446 g/mol. The Bertz CT molecular complexity index is 1060. The lowest BCUT2D eigenvalue weighted by Crippen LogP contribution is -2.17. The van der Waals surface area contributed by atoms with E-state index in [0.29, 0.717) is 33.1 Å². The zero-order valence-electron chi connectivity index (χ0n) is 16.4. The second-order valence-electron chi connectivity index (χ2n) is 6.26. The highest BCUT2D eigenvalue weighted by atomic mass is 35.5. The number of amides is 2. The van der Waals surface area contributed by atoms with Crippen molar-refractivity contribution >= 4 is 46.6 Å². The zero-order chi connectivity index (χ0) is 21.5. The van der Waals surface area contributed by atoms with Gasteiger partial charge in [0.1, 0.15) is 11.6 Å². The second-order valence-corrected chi connectivity index (χ2v) is 7.64. The SMILES string of the molecule is COc1cccc(NC(=O)Cc2nnc(SCC(=O)Nc3cccc(Cl)c3)n2C)c1. The Hall–Kier alpha value is -3.04. The fourth-order valence-electron chi connectivity index (χ4n) is 2.57. The fourth-order valence-corrected chi connectivity index (χ4v) is 3.49. The minimum absolute atomic E-state index is 0.0516. The number of rotatable bonds is 8. The van der Waals surface area contributed by atoms with Crippen molar-refractivity contribution in [3.8, 4) is 5.75 Å². The number of carbonyl (C=O) groups is 2. The van der Waals surface area contributed by atoms with E-state index >= 15 is 0 Å². The van der Waals surface area contributed by atoms with E-state index in [1.807, 2.05) is 0 Å². The minimum Gasteiger partial charge on any atom is -0.497 e. The summed E-state index contributed by atoms with van der Waals surface area (Å²) in [6.45, 7) is 0. The number of methoxy groups -OCH3 is 1. The molecule has 8 nitrogen and oxygen atoms in total. The van der Waals surface area contributed by atoms with Gasteiger partial charge in [-0.05, 0) is 30.3 Å². The molecule has 3 rings (SSSR count). The molecule has 2 N–H and O–H groups in total. The van der Waals surface area contributed by atoms with Gasteiger partial charge in [0.05, 0.1) is 19.3 Å². The molecule has 0 radical (unpaired) electrons. The summed E-state index contributed by atoms with van der Waals surface area (Å²) in [5.41, 5.74) is 1.26. The molecule has 0 aliphatic rings. The minimum atomic E-state index is -0.228. The van der Waals surface area contributed by atoms with Crippen molar-refractivity contribution in [2.24, 2.45) is 7.05 Å². The van der Waals surface area contributed by atoms with E-state index in [-0.39, 0.29) is 24.0 Å². The van der Waals surface area contributed by atoms with Crippen LogP contribution in [0.2, 0.25) is 5.02 Å². The lowest BCUT2D eigenvalue weighted by atomic mass is 10.3. The van der Waals surface area contributed by atoms with Crippen molar-refractivity contribution in [3.05, 3.63) is 59.4 Å². The number of nitrogens with zero attached hydrogens (tertiary/aromatic N) is 3. The summed E-state index contributed by atoms with van der Waals surface area (Å²) >= 11 is 7.15. The first-order valence-corrected chi connectivity index (χ1v) is 10.3. The molecule has 3 aromatic rings. The first-order chi connectivity index (χ1) is 14.4. The maximum atomic E-state index is 12.3. The van der Waals surface area contributed by atoms with E-state index in [1.54, 1.807) is 67.3 Å². The Morgan fingerprint density at radius 1 is 1.07 bits per heavy atom. The highest BCUT2D eigenvalue weighted by Gasteiger charge is 2.15. The van der Waals surface area contributed by atoms with Gasteiger partial charge in [0.15, 0.2) is 5.16 Å². The highest BCUT2D eigenvalue weighted by Crippen LogP contribution is 2.19. The van der Waals surface area contributed by atoms with E-state index in [4.69, 9.17) is 16.3 Å². The predicted molar refractivity (Wildman–Crippen MR) is 117 cm³/mol. The van der Waals surface area contributed by atoms with Gasteiger partial charge in [0, 0.05) is 29.5 Å². The fraction of sp³-hybridized carbons (Fsp3) is 0.200. The molecular formula is C20H20ClN5O3S. The number of halogens is 1. The summed E-state index contributed by atoms with van der Waals surface area (Å²) in [5, 5.41) is 14.8. The summed E-state index contributed by atoms with van der Waals surface area (Å²) in [6, 6.07) is 14.0. The van der Waals surface area contributed by atoms with Gasteiger partial charge in [0.2, 0.25) is 11.8 Å². The number of carbonyl (C=O) groups excluding carboxylic acids is 2. The normalized spacial score (nSPS) is 10.5. The Labute approximate surface area is 183 Å². The Morgan fingerprint density at radius 2 is 1.77 bits per heavy atom. The van der Waals surface area contributed by atoms with Gasteiger partial charge < -0.3 is 19.9 Å². The number of ether oxygens (including phenoxy) is 1. The average Bonchev–Trinajstić information content (AvgIpc) is 3.06. The van der Waals surface area contributed by atoms with Crippen molar-refractivity contribution in [1.82, 2.24) is 14.8 Å². The molecule has 0 aliphatic carbocycles. The molecule has 1 aromatic heterocycles. The van der Waals surface area contributed by atoms with Crippen LogP contribution in [0, 0.1) is 0 Å². The molecule has 2 amide bonds. The standard InChI is InChI=1S/C20H20ClN5O3S/c1-26-17(11-18(27)22-15-7-4-8-16(10-15)29-2)24-25-20(26)30-12-19(28)23-14-6-3-5-13(21)9-14/h3-10H,11-12H2,1-2H3,(H,22,27)(H,23,28). The summed E-state index contributed by atoms with van der Waals surface area (Å²) in [5.74, 6) is 0.875. The molecule has 0 atom stereocenters. The van der Waals surface area contributed by atoms with Gasteiger partial charge >= 0.3 is 0 Å². The lowest BCUT2D eigenvalue weighted by Gasteiger charge is -2.07. The molecule has 30 heavy (non-hydrogen) atoms. The number of thioether (sulfide) groups is 1. The largest absolute Gasteiger partial charge is 0.497 e.